The van der Waals surface area contributed by atoms with Crippen molar-refractivity contribution in [1.82, 2.24) is 5.32 Å². The van der Waals surface area contributed by atoms with Gasteiger partial charge in [-0.05, 0) is 56.3 Å². The molecule has 2 nitrogen and oxygen atoms in total. The maximum atomic E-state index is 13.2. The Morgan fingerprint density at radius 2 is 2.35 bits per heavy atom. The summed E-state index contributed by atoms with van der Waals surface area (Å²) in [6.07, 6.45) is 5.74. The molecule has 0 spiro atoms. The Labute approximate surface area is 125 Å². The summed E-state index contributed by atoms with van der Waals surface area (Å²) < 4.78 is 18.8. The second-order valence-corrected chi connectivity index (χ2v) is 5.79. The van der Waals surface area contributed by atoms with Crippen molar-refractivity contribution >= 4 is 11.6 Å². The number of halogens is 2. The van der Waals surface area contributed by atoms with Crippen molar-refractivity contribution in [3.8, 4) is 0 Å². The van der Waals surface area contributed by atoms with Crippen molar-refractivity contribution in [2.45, 2.75) is 51.2 Å². The average molecular weight is 300 g/mol. The first-order valence-electron chi connectivity index (χ1n) is 7.50. The molecule has 1 aliphatic heterocycles. The molecule has 0 saturated carbocycles. The van der Waals surface area contributed by atoms with E-state index in [-0.39, 0.29) is 11.9 Å². The van der Waals surface area contributed by atoms with Crippen molar-refractivity contribution < 1.29 is 9.13 Å². The zero-order valence-electron chi connectivity index (χ0n) is 12.0. The van der Waals surface area contributed by atoms with Crippen LogP contribution in [0.15, 0.2) is 18.2 Å². The first-order chi connectivity index (χ1) is 9.70. The molecule has 4 heteroatoms. The summed E-state index contributed by atoms with van der Waals surface area (Å²) in [6.45, 7) is 3.95. The normalized spacial score (nSPS) is 20.2. The first kappa shape index (κ1) is 15.7. The number of benzene rings is 1. The lowest BCUT2D eigenvalue weighted by atomic mass is 9.99. The van der Waals surface area contributed by atoms with Gasteiger partial charge in [-0.1, -0.05) is 24.6 Å². The fourth-order valence-corrected chi connectivity index (χ4v) is 2.99. The molecule has 20 heavy (non-hydrogen) atoms. The number of nitrogens with one attached hydrogen (secondary N) is 1. The SMILES string of the molecule is CCCNC(CCC1CCCO1)c1ccc(F)cc1Cl. The van der Waals surface area contributed by atoms with Gasteiger partial charge in [-0.2, -0.15) is 0 Å². The van der Waals surface area contributed by atoms with Crippen LogP contribution in [0.3, 0.4) is 0 Å². The van der Waals surface area contributed by atoms with Gasteiger partial charge in [0.15, 0.2) is 0 Å². The standard InChI is InChI=1S/C16H23ClFNO/c1-2-9-19-16(8-6-13-4-3-10-20-13)14-7-5-12(18)11-15(14)17/h5,7,11,13,16,19H,2-4,6,8-10H2,1H3. The highest BCUT2D eigenvalue weighted by Gasteiger charge is 2.20. The van der Waals surface area contributed by atoms with E-state index in [0.717, 1.165) is 50.8 Å². The average Bonchev–Trinajstić information content (AvgIpc) is 2.93. The Kier molecular flexibility index (Phi) is 6.27. The summed E-state index contributed by atoms with van der Waals surface area (Å²) in [4.78, 5) is 0. The number of ether oxygens (including phenoxy) is 1. The third-order valence-corrected chi connectivity index (χ3v) is 4.11. The smallest absolute Gasteiger partial charge is 0.124 e. The lowest BCUT2D eigenvalue weighted by Gasteiger charge is -2.21. The molecule has 2 atom stereocenters. The molecule has 1 heterocycles. The topological polar surface area (TPSA) is 21.3 Å². The summed E-state index contributed by atoms with van der Waals surface area (Å²) in [5.41, 5.74) is 0.986. The molecule has 112 valence electrons. The molecule has 2 unspecified atom stereocenters. The summed E-state index contributed by atoms with van der Waals surface area (Å²) in [5, 5.41) is 4.01. The van der Waals surface area contributed by atoms with Gasteiger partial charge in [0.05, 0.1) is 6.10 Å². The molecule has 1 fully saturated rings. The van der Waals surface area contributed by atoms with E-state index in [1.54, 1.807) is 6.07 Å². The number of hydrogen-bond donors (Lipinski definition) is 1. The zero-order valence-corrected chi connectivity index (χ0v) is 12.8. The van der Waals surface area contributed by atoms with Crippen LogP contribution in [0, 0.1) is 5.82 Å². The van der Waals surface area contributed by atoms with Crippen molar-refractivity contribution in [2.75, 3.05) is 13.2 Å². The molecule has 0 amide bonds. The van der Waals surface area contributed by atoms with Gasteiger partial charge in [0.1, 0.15) is 5.82 Å². The van der Waals surface area contributed by atoms with Crippen molar-refractivity contribution in [1.29, 1.82) is 0 Å². The van der Waals surface area contributed by atoms with Crippen LogP contribution in [0.2, 0.25) is 5.02 Å². The highest BCUT2D eigenvalue weighted by Crippen LogP contribution is 2.29. The van der Waals surface area contributed by atoms with Gasteiger partial charge in [0.25, 0.3) is 0 Å². The van der Waals surface area contributed by atoms with E-state index in [9.17, 15) is 4.39 Å². The van der Waals surface area contributed by atoms with Crippen LogP contribution >= 0.6 is 11.6 Å². The Morgan fingerprint density at radius 3 is 3.00 bits per heavy atom. The van der Waals surface area contributed by atoms with E-state index in [4.69, 9.17) is 16.3 Å². The van der Waals surface area contributed by atoms with E-state index >= 15 is 0 Å². The molecule has 2 rings (SSSR count). The Hall–Kier alpha value is -0.640. The van der Waals surface area contributed by atoms with Gasteiger partial charge in [-0.25, -0.2) is 4.39 Å². The maximum absolute atomic E-state index is 13.2. The summed E-state index contributed by atoms with van der Waals surface area (Å²) in [6, 6.07) is 4.84. The third kappa shape index (κ3) is 4.44. The Morgan fingerprint density at radius 1 is 1.50 bits per heavy atom. The van der Waals surface area contributed by atoms with Gasteiger partial charge in [-0.3, -0.25) is 0 Å². The molecule has 1 aliphatic rings. The molecule has 1 saturated heterocycles. The van der Waals surface area contributed by atoms with E-state index in [2.05, 4.69) is 12.2 Å². The summed E-state index contributed by atoms with van der Waals surface area (Å²) in [7, 11) is 0. The molecule has 0 radical (unpaired) electrons. The van der Waals surface area contributed by atoms with E-state index in [1.807, 2.05) is 0 Å². The Balaban J connectivity index is 2.01. The predicted molar refractivity (Wildman–Crippen MR) is 80.7 cm³/mol. The third-order valence-electron chi connectivity index (χ3n) is 3.78. The van der Waals surface area contributed by atoms with Crippen LogP contribution in [0.4, 0.5) is 4.39 Å². The molecule has 0 aliphatic carbocycles. The molecule has 0 bridgehead atoms. The zero-order chi connectivity index (χ0) is 14.4. The quantitative estimate of drug-likeness (QED) is 0.801. The van der Waals surface area contributed by atoms with Gasteiger partial charge >= 0.3 is 0 Å². The van der Waals surface area contributed by atoms with Crippen LogP contribution < -0.4 is 5.32 Å². The van der Waals surface area contributed by atoms with E-state index in [1.165, 1.54) is 12.1 Å². The minimum absolute atomic E-state index is 0.173. The van der Waals surface area contributed by atoms with Gasteiger partial charge in [0.2, 0.25) is 0 Å². The predicted octanol–water partition coefficient (Wildman–Crippen LogP) is 4.48. The van der Waals surface area contributed by atoms with Crippen LogP contribution in [0.1, 0.15) is 50.6 Å². The summed E-state index contributed by atoms with van der Waals surface area (Å²) >= 11 is 6.19. The van der Waals surface area contributed by atoms with Crippen LogP contribution in [-0.4, -0.2) is 19.3 Å². The summed E-state index contributed by atoms with van der Waals surface area (Å²) in [5.74, 6) is -0.285. The highest BCUT2D eigenvalue weighted by atomic mass is 35.5. The van der Waals surface area contributed by atoms with Gasteiger partial charge in [-0.15, -0.1) is 0 Å². The molecular formula is C16H23ClFNO. The van der Waals surface area contributed by atoms with Gasteiger partial charge < -0.3 is 10.1 Å². The lowest BCUT2D eigenvalue weighted by Crippen LogP contribution is -2.24. The second kappa shape index (κ2) is 7.96. The maximum Gasteiger partial charge on any atom is 0.124 e. The minimum atomic E-state index is -0.285. The lowest BCUT2D eigenvalue weighted by molar-refractivity contribution is 0.0996. The van der Waals surface area contributed by atoms with Crippen molar-refractivity contribution in [3.05, 3.63) is 34.6 Å². The minimum Gasteiger partial charge on any atom is -0.378 e. The molecule has 1 aromatic rings. The molecule has 1 N–H and O–H groups in total. The van der Waals surface area contributed by atoms with E-state index < -0.39 is 0 Å². The van der Waals surface area contributed by atoms with Crippen molar-refractivity contribution in [2.24, 2.45) is 0 Å². The monoisotopic (exact) mass is 299 g/mol. The fourth-order valence-electron chi connectivity index (χ4n) is 2.69. The number of rotatable bonds is 7. The molecule has 1 aromatic carbocycles. The first-order valence-corrected chi connectivity index (χ1v) is 7.88. The van der Waals surface area contributed by atoms with Crippen molar-refractivity contribution in [3.63, 3.8) is 0 Å². The number of hydrogen-bond acceptors (Lipinski definition) is 2. The molecule has 0 aromatic heterocycles. The van der Waals surface area contributed by atoms with Crippen LogP contribution in [0.5, 0.6) is 0 Å². The highest BCUT2D eigenvalue weighted by molar-refractivity contribution is 6.31. The van der Waals surface area contributed by atoms with Gasteiger partial charge in [0, 0.05) is 17.7 Å². The Bertz CT molecular complexity index is 421. The second-order valence-electron chi connectivity index (χ2n) is 5.38. The van der Waals surface area contributed by atoms with Crippen LogP contribution in [0.25, 0.3) is 0 Å². The molecular weight excluding hydrogens is 277 g/mol. The van der Waals surface area contributed by atoms with Crippen LogP contribution in [-0.2, 0) is 4.74 Å². The largest absolute Gasteiger partial charge is 0.378 e. The fraction of sp³-hybridized carbons (Fsp3) is 0.625. The van der Waals surface area contributed by atoms with E-state index in [0.29, 0.717) is 11.1 Å².